The number of nitrogens with two attached hydrogens (primary N) is 1. The fourth-order valence-corrected chi connectivity index (χ4v) is 3.05. The van der Waals surface area contributed by atoms with E-state index in [-0.39, 0.29) is 0 Å². The molecule has 0 amide bonds. The van der Waals surface area contributed by atoms with E-state index in [1.54, 1.807) is 30.6 Å². The summed E-state index contributed by atoms with van der Waals surface area (Å²) in [5.74, 6) is 2.89. The summed E-state index contributed by atoms with van der Waals surface area (Å²) < 4.78 is 6.10. The van der Waals surface area contributed by atoms with Crippen molar-refractivity contribution in [2.45, 2.75) is 19.8 Å². The molecule has 0 saturated carbocycles. The van der Waals surface area contributed by atoms with Crippen LogP contribution < -0.4 is 15.4 Å². The Bertz CT molecular complexity index is 1060. The summed E-state index contributed by atoms with van der Waals surface area (Å²) >= 11 is 0. The van der Waals surface area contributed by atoms with Gasteiger partial charge in [0.1, 0.15) is 17.4 Å². The molecular formula is C21H21N7O. The second-order valence-corrected chi connectivity index (χ2v) is 6.83. The van der Waals surface area contributed by atoms with Gasteiger partial charge in [-0.3, -0.25) is 0 Å². The molecule has 0 aliphatic carbocycles. The number of ether oxygens (including phenoxy) is 1. The van der Waals surface area contributed by atoms with Crippen molar-refractivity contribution in [2.75, 3.05) is 24.5 Å². The highest BCUT2D eigenvalue weighted by Crippen LogP contribution is 2.33. The zero-order valence-corrected chi connectivity index (χ0v) is 16.2. The van der Waals surface area contributed by atoms with Crippen LogP contribution in [0, 0.1) is 18.3 Å². The van der Waals surface area contributed by atoms with Gasteiger partial charge >= 0.3 is 0 Å². The fraction of sp³-hybridized carbons (Fsp3) is 0.286. The van der Waals surface area contributed by atoms with Crippen LogP contribution in [0.3, 0.4) is 0 Å². The third-order valence-electron chi connectivity index (χ3n) is 4.69. The number of hydrogen-bond acceptors (Lipinski definition) is 8. The van der Waals surface area contributed by atoms with Gasteiger partial charge in [-0.15, -0.1) is 0 Å². The summed E-state index contributed by atoms with van der Waals surface area (Å²) in [6.45, 7) is 4.34. The minimum absolute atomic E-state index is 0.426. The molecule has 4 rings (SSSR count). The van der Waals surface area contributed by atoms with Gasteiger partial charge < -0.3 is 15.4 Å². The monoisotopic (exact) mass is 387 g/mol. The van der Waals surface area contributed by atoms with Crippen LogP contribution in [0.5, 0.6) is 11.6 Å². The van der Waals surface area contributed by atoms with Crippen LogP contribution in [0.25, 0.3) is 11.4 Å². The molecule has 1 aliphatic heterocycles. The number of hydrogen-bond donors (Lipinski definition) is 1. The fourth-order valence-electron chi connectivity index (χ4n) is 3.05. The van der Waals surface area contributed by atoms with E-state index in [1.807, 2.05) is 13.0 Å². The molecule has 0 unspecified atom stereocenters. The molecule has 8 heteroatoms. The molecule has 2 N–H and O–H groups in total. The topological polar surface area (TPSA) is 114 Å². The molecule has 8 nitrogen and oxygen atoms in total. The number of nitriles is 1. The smallest absolute Gasteiger partial charge is 0.224 e. The molecule has 1 saturated heterocycles. The van der Waals surface area contributed by atoms with Crippen molar-refractivity contribution in [1.82, 2.24) is 19.9 Å². The van der Waals surface area contributed by atoms with E-state index in [0.717, 1.165) is 37.3 Å². The molecule has 0 spiro atoms. The Morgan fingerprint density at radius 1 is 1.17 bits per heavy atom. The van der Waals surface area contributed by atoms with Crippen LogP contribution in [0.15, 0.2) is 36.7 Å². The maximum Gasteiger partial charge on any atom is 0.224 e. The van der Waals surface area contributed by atoms with Gasteiger partial charge in [0, 0.05) is 31.5 Å². The van der Waals surface area contributed by atoms with Crippen LogP contribution in [0.4, 0.5) is 5.82 Å². The molecule has 29 heavy (non-hydrogen) atoms. The lowest BCUT2D eigenvalue weighted by molar-refractivity contribution is 0.459. The first-order valence-corrected chi connectivity index (χ1v) is 9.50. The predicted molar refractivity (Wildman–Crippen MR) is 109 cm³/mol. The summed E-state index contributed by atoms with van der Waals surface area (Å²) in [7, 11) is 0. The lowest BCUT2D eigenvalue weighted by atomic mass is 10.1. The average Bonchev–Trinajstić information content (AvgIpc) is 2.67. The van der Waals surface area contributed by atoms with Gasteiger partial charge in [-0.2, -0.15) is 10.2 Å². The van der Waals surface area contributed by atoms with E-state index in [2.05, 4.69) is 30.9 Å². The number of aryl methyl sites for hydroxylation is 1. The van der Waals surface area contributed by atoms with Gasteiger partial charge in [0.2, 0.25) is 5.88 Å². The number of aromatic nitrogens is 4. The van der Waals surface area contributed by atoms with Gasteiger partial charge in [-0.1, -0.05) is 0 Å². The standard InChI is InChI=1S/C21H21N7O/c1-14-26-19(28-7-2-8-28)10-20(27-14)29-18-9-15(11-23)3-4-17(18)21-24-12-16(5-6-22)13-25-21/h3-4,9-10,12-13H,2,5-8,22H2,1H3. The Kier molecular flexibility index (Phi) is 5.31. The first kappa shape index (κ1) is 18.8. The van der Waals surface area contributed by atoms with Crippen molar-refractivity contribution in [2.24, 2.45) is 5.73 Å². The highest BCUT2D eigenvalue weighted by atomic mass is 16.5. The first-order chi connectivity index (χ1) is 14.2. The molecule has 146 valence electrons. The second-order valence-electron chi connectivity index (χ2n) is 6.83. The van der Waals surface area contributed by atoms with Crippen molar-refractivity contribution in [3.8, 4) is 29.1 Å². The summed E-state index contributed by atoms with van der Waals surface area (Å²) in [5.41, 5.74) is 7.73. The Labute approximate surface area is 169 Å². The maximum absolute atomic E-state index is 9.30. The number of rotatable bonds is 6. The van der Waals surface area contributed by atoms with Crippen LogP contribution in [0.1, 0.15) is 23.4 Å². The summed E-state index contributed by atoms with van der Waals surface area (Å²) in [4.78, 5) is 19.9. The molecule has 1 fully saturated rings. The molecule has 0 atom stereocenters. The van der Waals surface area contributed by atoms with Crippen LogP contribution in [0.2, 0.25) is 0 Å². The van der Waals surface area contributed by atoms with E-state index in [9.17, 15) is 5.26 Å². The molecule has 0 bridgehead atoms. The van der Waals surface area contributed by atoms with Crippen molar-refractivity contribution >= 4 is 5.82 Å². The molecule has 1 aromatic carbocycles. The maximum atomic E-state index is 9.30. The normalized spacial score (nSPS) is 12.9. The molecule has 0 radical (unpaired) electrons. The Hall–Kier alpha value is -3.57. The number of benzene rings is 1. The van der Waals surface area contributed by atoms with E-state index in [4.69, 9.17) is 10.5 Å². The van der Waals surface area contributed by atoms with E-state index < -0.39 is 0 Å². The van der Waals surface area contributed by atoms with Crippen LogP contribution in [-0.2, 0) is 6.42 Å². The molecule has 1 aliphatic rings. The lowest BCUT2D eigenvalue weighted by Gasteiger charge is -2.32. The third-order valence-corrected chi connectivity index (χ3v) is 4.69. The van der Waals surface area contributed by atoms with Crippen LogP contribution >= 0.6 is 0 Å². The minimum atomic E-state index is 0.426. The zero-order valence-electron chi connectivity index (χ0n) is 16.2. The highest BCUT2D eigenvalue weighted by molar-refractivity contribution is 5.66. The lowest BCUT2D eigenvalue weighted by Crippen LogP contribution is -2.37. The third kappa shape index (κ3) is 4.15. The summed E-state index contributed by atoms with van der Waals surface area (Å²) in [6.07, 6.45) is 5.39. The SMILES string of the molecule is Cc1nc(Oc2cc(C#N)ccc2-c2ncc(CCN)cn2)cc(N2CCC2)n1. The van der Waals surface area contributed by atoms with Crippen LogP contribution in [-0.4, -0.2) is 39.6 Å². The summed E-state index contributed by atoms with van der Waals surface area (Å²) in [6, 6.07) is 9.14. The van der Waals surface area contributed by atoms with E-state index >= 15 is 0 Å². The van der Waals surface area contributed by atoms with Gasteiger partial charge in [0.15, 0.2) is 5.82 Å². The van der Waals surface area contributed by atoms with E-state index in [1.165, 1.54) is 0 Å². The van der Waals surface area contributed by atoms with Gasteiger partial charge in [0.25, 0.3) is 0 Å². The van der Waals surface area contributed by atoms with Crippen molar-refractivity contribution in [3.63, 3.8) is 0 Å². The van der Waals surface area contributed by atoms with Crippen molar-refractivity contribution in [3.05, 3.63) is 53.6 Å². The van der Waals surface area contributed by atoms with Crippen molar-refractivity contribution in [1.29, 1.82) is 5.26 Å². The van der Waals surface area contributed by atoms with Gasteiger partial charge in [0.05, 0.1) is 17.2 Å². The largest absolute Gasteiger partial charge is 0.438 e. The Morgan fingerprint density at radius 3 is 2.62 bits per heavy atom. The van der Waals surface area contributed by atoms with Gasteiger partial charge in [-0.25, -0.2) is 15.0 Å². The first-order valence-electron chi connectivity index (χ1n) is 9.50. The second kappa shape index (κ2) is 8.20. The van der Waals surface area contributed by atoms with Gasteiger partial charge in [-0.05, 0) is 50.1 Å². The minimum Gasteiger partial charge on any atom is -0.438 e. The van der Waals surface area contributed by atoms with E-state index in [0.29, 0.717) is 40.9 Å². The van der Waals surface area contributed by atoms with Crippen molar-refractivity contribution < 1.29 is 4.74 Å². The quantitative estimate of drug-likeness (QED) is 0.686. The highest BCUT2D eigenvalue weighted by Gasteiger charge is 2.19. The number of anilines is 1. The number of nitrogens with zero attached hydrogens (tertiary/aromatic N) is 6. The zero-order chi connectivity index (χ0) is 20.2. The molecule has 2 aromatic heterocycles. The Morgan fingerprint density at radius 2 is 1.97 bits per heavy atom. The molecule has 3 aromatic rings. The predicted octanol–water partition coefficient (Wildman–Crippen LogP) is 2.62. The summed E-state index contributed by atoms with van der Waals surface area (Å²) in [5, 5.41) is 9.30. The average molecular weight is 387 g/mol. The molecule has 3 heterocycles. The molecular weight excluding hydrogens is 366 g/mol. The Balaban J connectivity index is 1.69.